The Morgan fingerprint density at radius 1 is 1.59 bits per heavy atom. The Bertz CT molecular complexity index is 419. The Morgan fingerprint density at radius 3 is 3.06 bits per heavy atom. The van der Waals surface area contributed by atoms with E-state index in [9.17, 15) is 0 Å². The van der Waals surface area contributed by atoms with Gasteiger partial charge in [0.2, 0.25) is 0 Å². The van der Waals surface area contributed by atoms with Crippen LogP contribution in [0.3, 0.4) is 0 Å². The fraction of sp³-hybridized carbons (Fsp3) is 0.417. The van der Waals surface area contributed by atoms with Crippen molar-refractivity contribution in [3.8, 4) is 5.75 Å². The summed E-state index contributed by atoms with van der Waals surface area (Å²) < 4.78 is 11.2. The number of hydrogen-bond acceptors (Lipinski definition) is 3. The van der Waals surface area contributed by atoms with Crippen LogP contribution < -0.4 is 10.5 Å². The maximum absolute atomic E-state index is 5.92. The summed E-state index contributed by atoms with van der Waals surface area (Å²) in [4.78, 5) is 0.309. The highest BCUT2D eigenvalue weighted by molar-refractivity contribution is 7.80. The molecule has 0 aromatic heterocycles. The third-order valence-corrected chi connectivity index (χ3v) is 3.11. The molecule has 1 aromatic rings. The van der Waals surface area contributed by atoms with Gasteiger partial charge < -0.3 is 15.2 Å². The second kappa shape index (κ2) is 5.67. The Hall–Kier alpha value is -0.840. The van der Waals surface area contributed by atoms with Crippen LogP contribution in [0.1, 0.15) is 18.4 Å². The van der Waals surface area contributed by atoms with Crippen LogP contribution in [-0.2, 0) is 4.74 Å². The molecule has 92 valence electrons. The van der Waals surface area contributed by atoms with E-state index in [1.807, 2.05) is 0 Å². The summed E-state index contributed by atoms with van der Waals surface area (Å²) in [6, 6.07) is 5.25. The van der Waals surface area contributed by atoms with E-state index in [4.69, 9.17) is 39.0 Å². The Labute approximate surface area is 111 Å². The van der Waals surface area contributed by atoms with E-state index in [0.717, 1.165) is 19.4 Å². The van der Waals surface area contributed by atoms with Gasteiger partial charge in [-0.25, -0.2) is 0 Å². The van der Waals surface area contributed by atoms with E-state index in [-0.39, 0.29) is 6.10 Å². The molecule has 17 heavy (non-hydrogen) atoms. The van der Waals surface area contributed by atoms with E-state index in [1.165, 1.54) is 0 Å². The molecule has 3 nitrogen and oxygen atoms in total. The van der Waals surface area contributed by atoms with E-state index < -0.39 is 0 Å². The molecule has 1 aliphatic rings. The topological polar surface area (TPSA) is 44.5 Å². The molecule has 1 atom stereocenters. The van der Waals surface area contributed by atoms with Gasteiger partial charge >= 0.3 is 0 Å². The van der Waals surface area contributed by atoms with Crippen LogP contribution in [0.25, 0.3) is 0 Å². The van der Waals surface area contributed by atoms with Gasteiger partial charge in [0.15, 0.2) is 0 Å². The third kappa shape index (κ3) is 3.31. The first-order chi connectivity index (χ1) is 8.16. The van der Waals surface area contributed by atoms with Crippen molar-refractivity contribution in [3.63, 3.8) is 0 Å². The number of ether oxygens (including phenoxy) is 2. The first-order valence-corrected chi connectivity index (χ1v) is 6.29. The summed E-state index contributed by atoms with van der Waals surface area (Å²) >= 11 is 10.9. The number of halogens is 1. The highest BCUT2D eigenvalue weighted by Crippen LogP contribution is 2.24. The Balaban J connectivity index is 2.07. The molecule has 0 radical (unpaired) electrons. The van der Waals surface area contributed by atoms with E-state index >= 15 is 0 Å². The molecule has 1 unspecified atom stereocenters. The SMILES string of the molecule is NC(=S)c1ccc(Cl)cc1OCC1CCCO1. The van der Waals surface area contributed by atoms with Crippen molar-refractivity contribution in [3.05, 3.63) is 28.8 Å². The maximum atomic E-state index is 5.92. The molecule has 0 saturated carbocycles. The van der Waals surface area contributed by atoms with Crippen molar-refractivity contribution < 1.29 is 9.47 Å². The van der Waals surface area contributed by atoms with Crippen LogP contribution in [0.2, 0.25) is 5.02 Å². The normalized spacial score (nSPS) is 19.2. The van der Waals surface area contributed by atoms with E-state index in [1.54, 1.807) is 18.2 Å². The quantitative estimate of drug-likeness (QED) is 0.855. The first-order valence-electron chi connectivity index (χ1n) is 5.50. The zero-order valence-corrected chi connectivity index (χ0v) is 10.9. The smallest absolute Gasteiger partial charge is 0.131 e. The summed E-state index contributed by atoms with van der Waals surface area (Å²) in [5.41, 5.74) is 6.34. The number of thiocarbonyl (C=S) groups is 1. The Morgan fingerprint density at radius 2 is 2.41 bits per heavy atom. The summed E-state index contributed by atoms with van der Waals surface area (Å²) in [6.45, 7) is 1.32. The molecule has 0 amide bonds. The van der Waals surface area contributed by atoms with Gasteiger partial charge in [0.05, 0.1) is 11.7 Å². The summed E-state index contributed by atoms with van der Waals surface area (Å²) in [5.74, 6) is 0.625. The van der Waals surface area contributed by atoms with Gasteiger partial charge in [0.25, 0.3) is 0 Å². The molecule has 1 saturated heterocycles. The summed E-state index contributed by atoms with van der Waals surface area (Å²) in [5, 5.41) is 0.604. The van der Waals surface area contributed by atoms with Crippen LogP contribution in [0.5, 0.6) is 5.75 Å². The second-order valence-electron chi connectivity index (χ2n) is 3.95. The van der Waals surface area contributed by atoms with Crippen molar-refractivity contribution in [2.75, 3.05) is 13.2 Å². The van der Waals surface area contributed by atoms with Crippen molar-refractivity contribution >= 4 is 28.8 Å². The van der Waals surface area contributed by atoms with Gasteiger partial charge in [-0.05, 0) is 31.0 Å². The number of benzene rings is 1. The minimum atomic E-state index is 0.160. The van der Waals surface area contributed by atoms with Crippen molar-refractivity contribution in [1.82, 2.24) is 0 Å². The number of nitrogens with two attached hydrogens (primary N) is 1. The number of hydrogen-bond donors (Lipinski definition) is 1. The minimum Gasteiger partial charge on any atom is -0.490 e. The predicted molar refractivity (Wildman–Crippen MR) is 71.8 cm³/mol. The van der Waals surface area contributed by atoms with Gasteiger partial charge in [-0.1, -0.05) is 23.8 Å². The highest BCUT2D eigenvalue weighted by atomic mass is 35.5. The molecular formula is C12H14ClNO2S. The number of rotatable bonds is 4. The van der Waals surface area contributed by atoms with Crippen LogP contribution in [0, 0.1) is 0 Å². The first kappa shape index (κ1) is 12.6. The molecule has 0 spiro atoms. The zero-order chi connectivity index (χ0) is 12.3. The molecular weight excluding hydrogens is 258 g/mol. The fourth-order valence-corrected chi connectivity index (χ4v) is 2.11. The van der Waals surface area contributed by atoms with E-state index in [2.05, 4.69) is 0 Å². The fourth-order valence-electron chi connectivity index (χ4n) is 1.78. The predicted octanol–water partition coefficient (Wildman–Crippen LogP) is 2.53. The lowest BCUT2D eigenvalue weighted by Crippen LogP contribution is -2.18. The lowest BCUT2D eigenvalue weighted by Gasteiger charge is -2.14. The zero-order valence-electron chi connectivity index (χ0n) is 9.32. The molecule has 5 heteroatoms. The molecule has 1 aromatic carbocycles. The minimum absolute atomic E-state index is 0.160. The van der Waals surface area contributed by atoms with Gasteiger partial charge in [-0.3, -0.25) is 0 Å². The monoisotopic (exact) mass is 271 g/mol. The second-order valence-corrected chi connectivity index (χ2v) is 4.83. The van der Waals surface area contributed by atoms with E-state index in [0.29, 0.717) is 27.9 Å². The summed E-state index contributed by atoms with van der Waals surface area (Å²) in [6.07, 6.45) is 2.28. The highest BCUT2D eigenvalue weighted by Gasteiger charge is 2.17. The van der Waals surface area contributed by atoms with Crippen LogP contribution >= 0.6 is 23.8 Å². The average molecular weight is 272 g/mol. The summed E-state index contributed by atoms with van der Waals surface area (Å²) in [7, 11) is 0. The molecule has 0 aliphatic carbocycles. The largest absolute Gasteiger partial charge is 0.490 e. The average Bonchev–Trinajstić information content (AvgIpc) is 2.78. The Kier molecular flexibility index (Phi) is 4.20. The molecule has 2 N–H and O–H groups in total. The van der Waals surface area contributed by atoms with Crippen LogP contribution in [-0.4, -0.2) is 24.3 Å². The lowest BCUT2D eigenvalue weighted by molar-refractivity contribution is 0.0679. The van der Waals surface area contributed by atoms with Gasteiger partial charge in [0, 0.05) is 11.6 Å². The maximum Gasteiger partial charge on any atom is 0.131 e. The molecule has 1 fully saturated rings. The molecule has 1 aliphatic heterocycles. The van der Waals surface area contributed by atoms with Gasteiger partial charge in [-0.2, -0.15) is 0 Å². The van der Waals surface area contributed by atoms with Gasteiger partial charge in [-0.15, -0.1) is 0 Å². The molecule has 0 bridgehead atoms. The standard InChI is InChI=1S/C12H14ClNO2S/c13-8-3-4-10(12(14)17)11(6-8)16-7-9-2-1-5-15-9/h3-4,6,9H,1-2,5,7H2,(H2,14,17). The molecule has 1 heterocycles. The molecule has 2 rings (SSSR count). The third-order valence-electron chi connectivity index (χ3n) is 2.66. The van der Waals surface area contributed by atoms with Crippen molar-refractivity contribution in [1.29, 1.82) is 0 Å². The van der Waals surface area contributed by atoms with Crippen LogP contribution in [0.4, 0.5) is 0 Å². The lowest BCUT2D eigenvalue weighted by atomic mass is 10.2. The van der Waals surface area contributed by atoms with Crippen molar-refractivity contribution in [2.24, 2.45) is 5.73 Å². The van der Waals surface area contributed by atoms with Crippen LogP contribution in [0.15, 0.2) is 18.2 Å². The van der Waals surface area contributed by atoms with Crippen molar-refractivity contribution in [2.45, 2.75) is 18.9 Å². The van der Waals surface area contributed by atoms with Gasteiger partial charge in [0.1, 0.15) is 17.3 Å².